The molecule has 1 N–H and O–H groups in total. The number of hydrogen-bond acceptors (Lipinski definition) is 3. The van der Waals surface area contributed by atoms with E-state index in [1.807, 2.05) is 0 Å². The second-order valence-electron chi connectivity index (χ2n) is 6.38. The molecule has 0 atom stereocenters. The van der Waals surface area contributed by atoms with Gasteiger partial charge in [-0.3, -0.25) is 4.79 Å². The fourth-order valence-corrected chi connectivity index (χ4v) is 3.03. The fraction of sp³-hybridized carbons (Fsp3) is 0.938. The van der Waals surface area contributed by atoms with Crippen molar-refractivity contribution in [1.82, 2.24) is 15.1 Å². The number of piperidine rings is 1. The predicted octanol–water partition coefficient (Wildman–Crippen LogP) is 1.57. The van der Waals surface area contributed by atoms with Crippen molar-refractivity contribution in [1.29, 1.82) is 0 Å². The van der Waals surface area contributed by atoms with Crippen LogP contribution in [0.4, 0.5) is 0 Å². The third kappa shape index (κ3) is 5.06. The van der Waals surface area contributed by atoms with Gasteiger partial charge in [0, 0.05) is 19.6 Å². The molecular weight excluding hydrogens is 250 g/mol. The molecule has 0 unspecified atom stereocenters. The van der Waals surface area contributed by atoms with Crippen LogP contribution in [0.15, 0.2) is 0 Å². The Morgan fingerprint density at radius 2 is 1.75 bits per heavy atom. The maximum absolute atomic E-state index is 12.1. The van der Waals surface area contributed by atoms with Crippen LogP contribution in [0.1, 0.15) is 39.5 Å². The average Bonchev–Trinajstić information content (AvgIpc) is 3.29. The first-order valence-corrected chi connectivity index (χ1v) is 8.43. The fourth-order valence-electron chi connectivity index (χ4n) is 3.03. The van der Waals surface area contributed by atoms with E-state index in [4.69, 9.17) is 0 Å². The maximum Gasteiger partial charge on any atom is 0.236 e. The van der Waals surface area contributed by atoms with E-state index in [9.17, 15) is 4.79 Å². The zero-order chi connectivity index (χ0) is 14.4. The Labute approximate surface area is 123 Å². The molecule has 2 aliphatic rings. The molecule has 1 saturated carbocycles. The minimum Gasteiger partial charge on any atom is -0.342 e. The van der Waals surface area contributed by atoms with E-state index in [2.05, 4.69) is 29.0 Å². The number of carbonyl (C=O) groups is 1. The molecule has 2 fully saturated rings. The van der Waals surface area contributed by atoms with Crippen molar-refractivity contribution in [2.24, 2.45) is 11.8 Å². The second kappa shape index (κ2) is 7.99. The average molecular weight is 281 g/mol. The summed E-state index contributed by atoms with van der Waals surface area (Å²) >= 11 is 0. The van der Waals surface area contributed by atoms with Crippen molar-refractivity contribution >= 4 is 5.91 Å². The molecule has 2 rings (SSSR count). The number of rotatable bonds is 8. The Kier molecular flexibility index (Phi) is 6.30. The molecule has 0 bridgehead atoms. The smallest absolute Gasteiger partial charge is 0.236 e. The van der Waals surface area contributed by atoms with Crippen LogP contribution in [-0.2, 0) is 4.79 Å². The summed E-state index contributed by atoms with van der Waals surface area (Å²) in [6.07, 6.45) is 5.03. The second-order valence-corrected chi connectivity index (χ2v) is 6.38. The third-order valence-corrected chi connectivity index (χ3v) is 4.78. The first kappa shape index (κ1) is 15.8. The maximum atomic E-state index is 12.1. The van der Waals surface area contributed by atoms with E-state index in [0.717, 1.165) is 44.6 Å². The number of hydrogen-bond donors (Lipinski definition) is 1. The predicted molar refractivity (Wildman–Crippen MR) is 82.7 cm³/mol. The molecule has 4 nitrogen and oxygen atoms in total. The molecule has 20 heavy (non-hydrogen) atoms. The summed E-state index contributed by atoms with van der Waals surface area (Å²) in [5.74, 6) is 1.92. The molecule has 0 aromatic carbocycles. The number of amides is 1. The van der Waals surface area contributed by atoms with E-state index in [-0.39, 0.29) is 0 Å². The summed E-state index contributed by atoms with van der Waals surface area (Å²) in [4.78, 5) is 16.6. The lowest BCUT2D eigenvalue weighted by molar-refractivity contribution is -0.131. The highest BCUT2D eigenvalue weighted by Gasteiger charge is 2.24. The van der Waals surface area contributed by atoms with Crippen molar-refractivity contribution in [2.75, 3.05) is 45.8 Å². The molecule has 0 aromatic heterocycles. The standard InChI is InChI=1S/C16H31N3O/c1-3-18(4-2)13-15-7-9-19(10-8-15)16(20)12-17-11-14-5-6-14/h14-15,17H,3-13H2,1-2H3. The van der Waals surface area contributed by atoms with Crippen LogP contribution in [0.3, 0.4) is 0 Å². The van der Waals surface area contributed by atoms with Gasteiger partial charge in [-0.25, -0.2) is 0 Å². The lowest BCUT2D eigenvalue weighted by Gasteiger charge is -2.34. The molecule has 1 amide bonds. The van der Waals surface area contributed by atoms with E-state index in [1.54, 1.807) is 0 Å². The Balaban J connectivity index is 1.61. The topological polar surface area (TPSA) is 35.6 Å². The van der Waals surface area contributed by atoms with Crippen LogP contribution in [0.2, 0.25) is 0 Å². The van der Waals surface area contributed by atoms with E-state index < -0.39 is 0 Å². The minimum atomic E-state index is 0.298. The molecule has 1 aliphatic heterocycles. The molecule has 4 heteroatoms. The summed E-state index contributed by atoms with van der Waals surface area (Å²) in [5, 5.41) is 3.31. The Bertz CT molecular complexity index is 292. The molecule has 1 aliphatic carbocycles. The van der Waals surface area contributed by atoms with Gasteiger partial charge in [0.2, 0.25) is 5.91 Å². The van der Waals surface area contributed by atoms with E-state index in [1.165, 1.54) is 32.2 Å². The number of carbonyl (C=O) groups excluding carboxylic acids is 1. The van der Waals surface area contributed by atoms with Gasteiger partial charge in [-0.05, 0) is 57.2 Å². The molecule has 1 heterocycles. The molecule has 0 spiro atoms. The third-order valence-electron chi connectivity index (χ3n) is 4.78. The van der Waals surface area contributed by atoms with Gasteiger partial charge in [-0.1, -0.05) is 13.8 Å². The molecule has 1 saturated heterocycles. The van der Waals surface area contributed by atoms with Crippen molar-refractivity contribution in [2.45, 2.75) is 39.5 Å². The van der Waals surface area contributed by atoms with Gasteiger partial charge in [-0.2, -0.15) is 0 Å². The zero-order valence-corrected chi connectivity index (χ0v) is 13.2. The van der Waals surface area contributed by atoms with Gasteiger partial charge in [0.15, 0.2) is 0 Å². The Morgan fingerprint density at radius 1 is 1.10 bits per heavy atom. The normalized spacial score (nSPS) is 20.6. The number of nitrogens with zero attached hydrogens (tertiary/aromatic N) is 2. The summed E-state index contributed by atoms with van der Waals surface area (Å²) < 4.78 is 0. The summed E-state index contributed by atoms with van der Waals surface area (Å²) in [6, 6.07) is 0. The van der Waals surface area contributed by atoms with Gasteiger partial charge < -0.3 is 15.1 Å². The SMILES string of the molecule is CCN(CC)CC1CCN(C(=O)CNCC2CC2)CC1. The number of likely N-dealkylation sites (tertiary alicyclic amines) is 1. The first-order valence-electron chi connectivity index (χ1n) is 8.43. The van der Waals surface area contributed by atoms with Crippen molar-refractivity contribution in [3.8, 4) is 0 Å². The largest absolute Gasteiger partial charge is 0.342 e. The van der Waals surface area contributed by atoms with Crippen LogP contribution >= 0.6 is 0 Å². The molecular formula is C16H31N3O. The van der Waals surface area contributed by atoms with Crippen LogP contribution in [0.25, 0.3) is 0 Å². The van der Waals surface area contributed by atoms with E-state index in [0.29, 0.717) is 12.5 Å². The van der Waals surface area contributed by atoms with Gasteiger partial charge in [0.05, 0.1) is 6.54 Å². The van der Waals surface area contributed by atoms with Gasteiger partial charge in [-0.15, -0.1) is 0 Å². The minimum absolute atomic E-state index is 0.298. The monoisotopic (exact) mass is 281 g/mol. The summed E-state index contributed by atoms with van der Waals surface area (Å²) in [5.41, 5.74) is 0. The summed E-state index contributed by atoms with van der Waals surface area (Å²) in [7, 11) is 0. The van der Waals surface area contributed by atoms with E-state index >= 15 is 0 Å². The van der Waals surface area contributed by atoms with Crippen molar-refractivity contribution in [3.63, 3.8) is 0 Å². The zero-order valence-electron chi connectivity index (χ0n) is 13.2. The molecule has 0 radical (unpaired) electrons. The van der Waals surface area contributed by atoms with Gasteiger partial charge in [0.1, 0.15) is 0 Å². The number of nitrogens with one attached hydrogen (secondary N) is 1. The van der Waals surface area contributed by atoms with Crippen LogP contribution < -0.4 is 5.32 Å². The summed E-state index contributed by atoms with van der Waals surface area (Å²) in [6.45, 7) is 11.4. The first-order chi connectivity index (χ1) is 9.72. The van der Waals surface area contributed by atoms with Gasteiger partial charge in [0.25, 0.3) is 0 Å². The lowest BCUT2D eigenvalue weighted by atomic mass is 9.96. The van der Waals surface area contributed by atoms with Crippen LogP contribution in [0, 0.1) is 11.8 Å². The quantitative estimate of drug-likeness (QED) is 0.733. The Hall–Kier alpha value is -0.610. The Morgan fingerprint density at radius 3 is 2.30 bits per heavy atom. The van der Waals surface area contributed by atoms with Crippen molar-refractivity contribution < 1.29 is 4.79 Å². The van der Waals surface area contributed by atoms with Crippen molar-refractivity contribution in [3.05, 3.63) is 0 Å². The highest BCUT2D eigenvalue weighted by molar-refractivity contribution is 5.78. The molecule has 0 aromatic rings. The van der Waals surface area contributed by atoms with Crippen LogP contribution in [-0.4, -0.2) is 61.5 Å². The van der Waals surface area contributed by atoms with Gasteiger partial charge >= 0.3 is 0 Å². The molecule has 116 valence electrons. The lowest BCUT2D eigenvalue weighted by Crippen LogP contribution is -2.45. The van der Waals surface area contributed by atoms with Crippen LogP contribution in [0.5, 0.6) is 0 Å². The highest BCUT2D eigenvalue weighted by Crippen LogP contribution is 2.27. The highest BCUT2D eigenvalue weighted by atomic mass is 16.2.